The molecule has 0 aliphatic heterocycles. The summed E-state index contributed by atoms with van der Waals surface area (Å²) in [4.78, 5) is 12.4. The number of hydrogen-bond acceptors (Lipinski definition) is 3. The van der Waals surface area contributed by atoms with Gasteiger partial charge in [0.15, 0.2) is 0 Å². The SMILES string of the molecule is CC(NC(=O)C(O)C(N)CC1CCCCC1)c1ccc2ccccc2c1. The Labute approximate surface area is 155 Å². The molecule has 4 heteroatoms. The van der Waals surface area contributed by atoms with E-state index in [0.717, 1.165) is 30.2 Å². The van der Waals surface area contributed by atoms with Crippen molar-refractivity contribution in [1.82, 2.24) is 5.32 Å². The maximum atomic E-state index is 12.4. The molecule has 3 rings (SSSR count). The van der Waals surface area contributed by atoms with Gasteiger partial charge in [0.25, 0.3) is 5.91 Å². The minimum atomic E-state index is -1.15. The molecule has 0 radical (unpaired) electrons. The quantitative estimate of drug-likeness (QED) is 0.741. The van der Waals surface area contributed by atoms with Gasteiger partial charge in [-0.1, -0.05) is 68.5 Å². The van der Waals surface area contributed by atoms with Crippen molar-refractivity contribution in [2.75, 3.05) is 0 Å². The monoisotopic (exact) mass is 354 g/mol. The topological polar surface area (TPSA) is 75.3 Å². The lowest BCUT2D eigenvalue weighted by Gasteiger charge is -2.27. The Morgan fingerprint density at radius 2 is 1.85 bits per heavy atom. The van der Waals surface area contributed by atoms with Crippen LogP contribution in [0, 0.1) is 5.92 Å². The molecule has 0 spiro atoms. The number of nitrogens with one attached hydrogen (secondary N) is 1. The van der Waals surface area contributed by atoms with Crippen LogP contribution in [0.25, 0.3) is 10.8 Å². The Hall–Kier alpha value is -1.91. The zero-order chi connectivity index (χ0) is 18.5. The zero-order valence-electron chi connectivity index (χ0n) is 15.5. The van der Waals surface area contributed by atoms with E-state index < -0.39 is 12.1 Å². The first-order chi connectivity index (χ1) is 12.5. The zero-order valence-corrected chi connectivity index (χ0v) is 15.5. The molecular formula is C22H30N2O2. The molecule has 3 unspecified atom stereocenters. The second-order valence-corrected chi connectivity index (χ2v) is 7.69. The van der Waals surface area contributed by atoms with Crippen LogP contribution >= 0.6 is 0 Å². The maximum Gasteiger partial charge on any atom is 0.250 e. The van der Waals surface area contributed by atoms with Crippen LogP contribution < -0.4 is 11.1 Å². The summed E-state index contributed by atoms with van der Waals surface area (Å²) in [5.41, 5.74) is 7.15. The third kappa shape index (κ3) is 4.63. The van der Waals surface area contributed by atoms with Crippen molar-refractivity contribution in [3.05, 3.63) is 48.0 Å². The minimum Gasteiger partial charge on any atom is -0.382 e. The highest BCUT2D eigenvalue weighted by Gasteiger charge is 2.27. The number of fused-ring (bicyclic) bond motifs is 1. The van der Waals surface area contributed by atoms with Gasteiger partial charge in [0.2, 0.25) is 0 Å². The summed E-state index contributed by atoms with van der Waals surface area (Å²) in [6, 6.07) is 13.6. The lowest BCUT2D eigenvalue weighted by Crippen LogP contribution is -2.47. The van der Waals surface area contributed by atoms with Crippen molar-refractivity contribution in [2.45, 2.75) is 63.6 Å². The summed E-state index contributed by atoms with van der Waals surface area (Å²) in [6.45, 7) is 1.93. The number of nitrogens with two attached hydrogens (primary N) is 1. The van der Waals surface area contributed by atoms with Crippen LogP contribution in [0.15, 0.2) is 42.5 Å². The van der Waals surface area contributed by atoms with E-state index in [-0.39, 0.29) is 11.9 Å². The Bertz CT molecular complexity index is 740. The standard InChI is InChI=1S/C22H30N2O2/c1-15(18-12-11-17-9-5-6-10-19(17)14-18)24-22(26)21(25)20(23)13-16-7-3-2-4-8-16/h5-6,9-12,14-16,20-21,25H,2-4,7-8,13,23H2,1H3,(H,24,26). The van der Waals surface area contributed by atoms with Crippen molar-refractivity contribution in [3.63, 3.8) is 0 Å². The van der Waals surface area contributed by atoms with Crippen molar-refractivity contribution < 1.29 is 9.90 Å². The van der Waals surface area contributed by atoms with Gasteiger partial charge in [-0.05, 0) is 41.7 Å². The predicted molar refractivity (Wildman–Crippen MR) is 106 cm³/mol. The van der Waals surface area contributed by atoms with Crippen LogP contribution in [0.4, 0.5) is 0 Å². The highest BCUT2D eigenvalue weighted by atomic mass is 16.3. The molecule has 1 aliphatic carbocycles. The minimum absolute atomic E-state index is 0.177. The van der Waals surface area contributed by atoms with E-state index in [0.29, 0.717) is 5.92 Å². The fourth-order valence-corrected chi connectivity index (χ4v) is 3.99. The molecule has 1 fully saturated rings. The van der Waals surface area contributed by atoms with E-state index in [4.69, 9.17) is 5.73 Å². The number of aliphatic hydroxyl groups is 1. The molecule has 1 saturated carbocycles. The first kappa shape index (κ1) is 18.9. The molecule has 26 heavy (non-hydrogen) atoms. The Morgan fingerprint density at radius 3 is 2.58 bits per heavy atom. The van der Waals surface area contributed by atoms with Gasteiger partial charge < -0.3 is 16.2 Å². The van der Waals surface area contributed by atoms with Gasteiger partial charge in [0, 0.05) is 6.04 Å². The van der Waals surface area contributed by atoms with E-state index in [1.165, 1.54) is 24.6 Å². The number of carbonyl (C=O) groups excluding carboxylic acids is 1. The van der Waals surface area contributed by atoms with Crippen LogP contribution in [0.2, 0.25) is 0 Å². The summed E-state index contributed by atoms with van der Waals surface area (Å²) in [5, 5.41) is 15.6. The van der Waals surface area contributed by atoms with Gasteiger partial charge in [-0.3, -0.25) is 4.79 Å². The molecule has 1 amide bonds. The Morgan fingerprint density at radius 1 is 1.15 bits per heavy atom. The van der Waals surface area contributed by atoms with Crippen molar-refractivity contribution in [2.24, 2.45) is 11.7 Å². The average Bonchev–Trinajstić information content (AvgIpc) is 2.67. The van der Waals surface area contributed by atoms with Gasteiger partial charge in [0.05, 0.1) is 6.04 Å². The van der Waals surface area contributed by atoms with Crippen LogP contribution in [-0.2, 0) is 4.79 Å². The second kappa shape index (κ2) is 8.65. The van der Waals surface area contributed by atoms with Crippen molar-refractivity contribution >= 4 is 16.7 Å². The van der Waals surface area contributed by atoms with E-state index in [9.17, 15) is 9.90 Å². The third-order valence-corrected chi connectivity index (χ3v) is 5.64. The number of rotatable bonds is 6. The van der Waals surface area contributed by atoms with Crippen LogP contribution in [0.3, 0.4) is 0 Å². The fourth-order valence-electron chi connectivity index (χ4n) is 3.99. The molecule has 2 aromatic carbocycles. The number of carbonyl (C=O) groups is 1. The van der Waals surface area contributed by atoms with Gasteiger partial charge >= 0.3 is 0 Å². The number of benzene rings is 2. The van der Waals surface area contributed by atoms with Crippen molar-refractivity contribution in [1.29, 1.82) is 0 Å². The van der Waals surface area contributed by atoms with E-state index in [1.54, 1.807) is 0 Å². The predicted octanol–water partition coefficient (Wildman–Crippen LogP) is 3.68. The van der Waals surface area contributed by atoms with Crippen LogP contribution in [0.5, 0.6) is 0 Å². The van der Waals surface area contributed by atoms with Gasteiger partial charge in [0.1, 0.15) is 6.10 Å². The molecule has 4 nitrogen and oxygen atoms in total. The third-order valence-electron chi connectivity index (χ3n) is 5.64. The van der Waals surface area contributed by atoms with Gasteiger partial charge in [-0.15, -0.1) is 0 Å². The largest absolute Gasteiger partial charge is 0.382 e. The molecule has 3 atom stereocenters. The normalized spacial score (nSPS) is 19.0. The summed E-state index contributed by atoms with van der Waals surface area (Å²) in [6.07, 6.45) is 5.65. The highest BCUT2D eigenvalue weighted by Crippen LogP contribution is 2.27. The highest BCUT2D eigenvalue weighted by molar-refractivity contribution is 5.84. The molecule has 1 aliphatic rings. The Balaban J connectivity index is 1.58. The smallest absolute Gasteiger partial charge is 0.250 e. The van der Waals surface area contributed by atoms with E-state index in [1.807, 2.05) is 25.1 Å². The van der Waals surface area contributed by atoms with Gasteiger partial charge in [-0.25, -0.2) is 0 Å². The molecule has 140 valence electrons. The van der Waals surface area contributed by atoms with E-state index in [2.05, 4.69) is 29.6 Å². The van der Waals surface area contributed by atoms with Crippen LogP contribution in [0.1, 0.15) is 57.1 Å². The lowest BCUT2D eigenvalue weighted by atomic mass is 9.84. The fraction of sp³-hybridized carbons (Fsp3) is 0.500. The molecule has 0 heterocycles. The van der Waals surface area contributed by atoms with Gasteiger partial charge in [-0.2, -0.15) is 0 Å². The molecule has 0 bridgehead atoms. The first-order valence-electron chi connectivity index (χ1n) is 9.77. The summed E-state index contributed by atoms with van der Waals surface area (Å²) in [5.74, 6) is 0.160. The molecular weight excluding hydrogens is 324 g/mol. The summed E-state index contributed by atoms with van der Waals surface area (Å²) in [7, 11) is 0. The summed E-state index contributed by atoms with van der Waals surface area (Å²) >= 11 is 0. The van der Waals surface area contributed by atoms with E-state index >= 15 is 0 Å². The molecule has 4 N–H and O–H groups in total. The Kier molecular flexibility index (Phi) is 6.28. The number of amides is 1. The number of aliphatic hydroxyl groups excluding tert-OH is 1. The summed E-state index contributed by atoms with van der Waals surface area (Å²) < 4.78 is 0. The number of hydrogen-bond donors (Lipinski definition) is 3. The van der Waals surface area contributed by atoms with Crippen molar-refractivity contribution in [3.8, 4) is 0 Å². The lowest BCUT2D eigenvalue weighted by molar-refractivity contribution is -0.131. The molecule has 0 saturated heterocycles. The average molecular weight is 354 g/mol. The van der Waals surface area contributed by atoms with Crippen LogP contribution in [-0.4, -0.2) is 23.2 Å². The second-order valence-electron chi connectivity index (χ2n) is 7.69. The maximum absolute atomic E-state index is 12.4. The molecule has 2 aromatic rings. The molecule has 0 aromatic heterocycles. The first-order valence-corrected chi connectivity index (χ1v) is 9.77.